The van der Waals surface area contributed by atoms with Gasteiger partial charge in [0.2, 0.25) is 0 Å². The molecule has 0 aromatic carbocycles. The number of rotatable bonds is 10. The highest BCUT2D eigenvalue weighted by molar-refractivity contribution is 5.11. The van der Waals surface area contributed by atoms with Crippen molar-refractivity contribution in [2.24, 2.45) is 0 Å². The highest BCUT2D eigenvalue weighted by Crippen LogP contribution is 2.26. The van der Waals surface area contributed by atoms with Gasteiger partial charge in [-0.1, -0.05) is 27.7 Å². The Labute approximate surface area is 124 Å². The summed E-state index contributed by atoms with van der Waals surface area (Å²) < 4.78 is 5.24. The molecule has 0 aliphatic carbocycles. The third-order valence-electron chi connectivity index (χ3n) is 4.61. The van der Waals surface area contributed by atoms with Gasteiger partial charge in [-0.15, -0.1) is 0 Å². The maximum absolute atomic E-state index is 5.24. The molecule has 0 saturated heterocycles. The van der Waals surface area contributed by atoms with Crippen LogP contribution in [-0.2, 0) is 6.42 Å². The van der Waals surface area contributed by atoms with Gasteiger partial charge in [0.1, 0.15) is 0 Å². The molecule has 1 N–H and O–H groups in total. The Morgan fingerprint density at radius 2 is 1.95 bits per heavy atom. The van der Waals surface area contributed by atoms with E-state index in [1.807, 2.05) is 6.26 Å². The van der Waals surface area contributed by atoms with Gasteiger partial charge in [0.05, 0.1) is 12.5 Å². The van der Waals surface area contributed by atoms with Gasteiger partial charge in [-0.3, -0.25) is 4.90 Å². The van der Waals surface area contributed by atoms with E-state index in [9.17, 15) is 0 Å². The van der Waals surface area contributed by atoms with Crippen molar-refractivity contribution in [3.8, 4) is 0 Å². The van der Waals surface area contributed by atoms with Gasteiger partial charge in [0.25, 0.3) is 0 Å². The highest BCUT2D eigenvalue weighted by Gasteiger charge is 2.36. The molecule has 0 amide bonds. The monoisotopic (exact) mass is 280 g/mol. The van der Waals surface area contributed by atoms with Gasteiger partial charge in [-0.25, -0.2) is 0 Å². The van der Waals surface area contributed by atoms with Crippen molar-refractivity contribution in [2.75, 3.05) is 19.6 Å². The highest BCUT2D eigenvalue weighted by atomic mass is 16.3. The molecular weight excluding hydrogens is 248 g/mol. The summed E-state index contributed by atoms with van der Waals surface area (Å²) in [5.41, 5.74) is 1.46. The second kappa shape index (κ2) is 8.48. The maximum atomic E-state index is 5.24. The van der Waals surface area contributed by atoms with Crippen LogP contribution in [0, 0.1) is 0 Å². The average Bonchev–Trinajstić information content (AvgIpc) is 2.97. The Morgan fingerprint density at radius 3 is 2.40 bits per heavy atom. The maximum Gasteiger partial charge on any atom is 0.0935 e. The van der Waals surface area contributed by atoms with Crippen LogP contribution in [0.5, 0.6) is 0 Å². The molecule has 116 valence electrons. The van der Waals surface area contributed by atoms with E-state index in [-0.39, 0.29) is 5.54 Å². The number of nitrogens with one attached hydrogen (secondary N) is 1. The third kappa shape index (κ3) is 4.10. The van der Waals surface area contributed by atoms with E-state index in [1.165, 1.54) is 12.0 Å². The molecule has 2 unspecified atom stereocenters. The van der Waals surface area contributed by atoms with Gasteiger partial charge in [-0.2, -0.15) is 0 Å². The second-order valence-electron chi connectivity index (χ2n) is 5.73. The molecule has 1 rings (SSSR count). The van der Waals surface area contributed by atoms with E-state index in [0.717, 1.165) is 32.5 Å². The Hall–Kier alpha value is -0.800. The van der Waals surface area contributed by atoms with Crippen LogP contribution in [0.2, 0.25) is 0 Å². The van der Waals surface area contributed by atoms with Crippen molar-refractivity contribution < 1.29 is 4.42 Å². The quantitative estimate of drug-likeness (QED) is 0.708. The summed E-state index contributed by atoms with van der Waals surface area (Å²) in [6, 6.07) is 2.53. The number of hydrogen-bond acceptors (Lipinski definition) is 3. The van der Waals surface area contributed by atoms with Gasteiger partial charge in [0, 0.05) is 11.6 Å². The number of nitrogens with zero attached hydrogens (tertiary/aromatic N) is 1. The van der Waals surface area contributed by atoms with Crippen molar-refractivity contribution in [2.45, 2.75) is 65.5 Å². The first-order valence-corrected chi connectivity index (χ1v) is 8.11. The Kier molecular flexibility index (Phi) is 7.31. The van der Waals surface area contributed by atoms with E-state index in [1.54, 1.807) is 6.26 Å². The zero-order valence-electron chi connectivity index (χ0n) is 13.9. The molecule has 3 heteroatoms. The summed E-state index contributed by atoms with van der Waals surface area (Å²) in [6.07, 6.45) is 6.98. The number of furan rings is 1. The molecule has 0 radical (unpaired) electrons. The molecule has 0 fully saturated rings. The summed E-state index contributed by atoms with van der Waals surface area (Å²) in [7, 11) is 0. The average molecular weight is 280 g/mol. The topological polar surface area (TPSA) is 28.4 Å². The Balaban J connectivity index is 2.92. The number of hydrogen-bond donors (Lipinski definition) is 1. The predicted molar refractivity (Wildman–Crippen MR) is 86.1 cm³/mol. The standard InChI is InChI=1S/C17H32N2O/c1-6-11-18-16(13-15-10-12-20-14-15)17(5,7-2)19(8-3)9-4/h10,12,14,16,18H,6-9,11,13H2,1-5H3. The van der Waals surface area contributed by atoms with Crippen molar-refractivity contribution in [1.29, 1.82) is 0 Å². The molecule has 3 nitrogen and oxygen atoms in total. The first-order valence-electron chi connectivity index (χ1n) is 8.11. The summed E-state index contributed by atoms with van der Waals surface area (Å²) in [6.45, 7) is 14.7. The van der Waals surface area contributed by atoms with Crippen molar-refractivity contribution >= 4 is 0 Å². The normalized spacial score (nSPS) is 16.3. The molecule has 0 bridgehead atoms. The van der Waals surface area contributed by atoms with Crippen molar-refractivity contribution in [3.05, 3.63) is 24.2 Å². The lowest BCUT2D eigenvalue weighted by molar-refractivity contribution is 0.0700. The molecule has 0 aliphatic heterocycles. The minimum atomic E-state index is 0.177. The minimum absolute atomic E-state index is 0.177. The molecule has 1 aromatic rings. The van der Waals surface area contributed by atoms with E-state index in [0.29, 0.717) is 6.04 Å². The summed E-state index contributed by atoms with van der Waals surface area (Å²) in [5.74, 6) is 0. The summed E-state index contributed by atoms with van der Waals surface area (Å²) >= 11 is 0. The fourth-order valence-corrected chi connectivity index (χ4v) is 3.11. The predicted octanol–water partition coefficient (Wildman–Crippen LogP) is 3.70. The fourth-order valence-electron chi connectivity index (χ4n) is 3.11. The van der Waals surface area contributed by atoms with Crippen molar-refractivity contribution in [3.63, 3.8) is 0 Å². The van der Waals surface area contributed by atoms with Gasteiger partial charge in [0.15, 0.2) is 0 Å². The van der Waals surface area contributed by atoms with Crippen LogP contribution >= 0.6 is 0 Å². The summed E-state index contributed by atoms with van der Waals surface area (Å²) in [5, 5.41) is 3.76. The van der Waals surface area contributed by atoms with E-state index >= 15 is 0 Å². The Bertz CT molecular complexity index is 346. The lowest BCUT2D eigenvalue weighted by atomic mass is 9.83. The summed E-state index contributed by atoms with van der Waals surface area (Å²) in [4.78, 5) is 2.58. The number of likely N-dealkylation sites (N-methyl/N-ethyl adjacent to an activating group) is 1. The van der Waals surface area contributed by atoms with Crippen LogP contribution < -0.4 is 5.32 Å². The third-order valence-corrected chi connectivity index (χ3v) is 4.61. The second-order valence-corrected chi connectivity index (χ2v) is 5.73. The van der Waals surface area contributed by atoms with Crippen LogP contribution in [0.1, 0.15) is 53.0 Å². The van der Waals surface area contributed by atoms with Crippen LogP contribution in [0.3, 0.4) is 0 Å². The zero-order valence-corrected chi connectivity index (χ0v) is 13.9. The van der Waals surface area contributed by atoms with Gasteiger partial charge in [-0.05, 0) is 57.5 Å². The van der Waals surface area contributed by atoms with E-state index in [2.05, 4.69) is 50.9 Å². The molecule has 1 aromatic heterocycles. The van der Waals surface area contributed by atoms with Crippen LogP contribution in [0.15, 0.2) is 23.0 Å². The van der Waals surface area contributed by atoms with Gasteiger partial charge < -0.3 is 9.73 Å². The molecule has 0 saturated carbocycles. The van der Waals surface area contributed by atoms with Gasteiger partial charge >= 0.3 is 0 Å². The van der Waals surface area contributed by atoms with Crippen molar-refractivity contribution in [1.82, 2.24) is 10.2 Å². The molecular formula is C17H32N2O. The first-order chi connectivity index (χ1) is 9.62. The molecule has 1 heterocycles. The molecule has 0 spiro atoms. The lowest BCUT2D eigenvalue weighted by Crippen LogP contribution is -2.60. The molecule has 0 aliphatic rings. The Morgan fingerprint density at radius 1 is 1.25 bits per heavy atom. The largest absolute Gasteiger partial charge is 0.472 e. The minimum Gasteiger partial charge on any atom is -0.472 e. The first kappa shape index (κ1) is 17.3. The zero-order chi connectivity index (χ0) is 15.0. The van der Waals surface area contributed by atoms with E-state index in [4.69, 9.17) is 4.42 Å². The smallest absolute Gasteiger partial charge is 0.0935 e. The van der Waals surface area contributed by atoms with Crippen LogP contribution in [-0.4, -0.2) is 36.1 Å². The molecule has 20 heavy (non-hydrogen) atoms. The van der Waals surface area contributed by atoms with E-state index < -0.39 is 0 Å². The van der Waals surface area contributed by atoms with Crippen LogP contribution in [0.25, 0.3) is 0 Å². The fraction of sp³-hybridized carbons (Fsp3) is 0.765. The SMILES string of the molecule is CCCNC(Cc1ccoc1)C(C)(CC)N(CC)CC. The van der Waals surface area contributed by atoms with Crippen LogP contribution in [0.4, 0.5) is 0 Å². The molecule has 2 atom stereocenters. The lowest BCUT2D eigenvalue weighted by Gasteiger charge is -2.46.